The van der Waals surface area contributed by atoms with Gasteiger partial charge in [-0.05, 0) is 52.1 Å². The molecule has 0 bridgehead atoms. The second kappa shape index (κ2) is 4.34. The van der Waals surface area contributed by atoms with E-state index in [-0.39, 0.29) is 0 Å². The topological polar surface area (TPSA) is 0 Å². The second-order valence-corrected chi connectivity index (χ2v) is 6.33. The fourth-order valence-corrected chi connectivity index (χ4v) is 4.10. The van der Waals surface area contributed by atoms with E-state index in [1.54, 1.807) is 11.1 Å². The van der Waals surface area contributed by atoms with E-state index in [0.29, 0.717) is 11.8 Å². The van der Waals surface area contributed by atoms with Gasteiger partial charge in [0.25, 0.3) is 0 Å². The molecule has 0 amide bonds. The van der Waals surface area contributed by atoms with Gasteiger partial charge in [0.15, 0.2) is 0 Å². The van der Waals surface area contributed by atoms with Gasteiger partial charge in [0, 0.05) is 0 Å². The van der Waals surface area contributed by atoms with Crippen molar-refractivity contribution in [3.8, 4) is 0 Å². The van der Waals surface area contributed by atoms with E-state index >= 15 is 0 Å². The van der Waals surface area contributed by atoms with E-state index in [9.17, 15) is 0 Å². The predicted molar refractivity (Wildman–Crippen MR) is 86.7 cm³/mol. The van der Waals surface area contributed by atoms with Crippen LogP contribution in [0.25, 0.3) is 16.3 Å². The zero-order valence-electron chi connectivity index (χ0n) is 12.2. The Kier molecular flexibility index (Phi) is 2.60. The van der Waals surface area contributed by atoms with E-state index < -0.39 is 0 Å². The molecule has 0 spiro atoms. The minimum Gasteiger partial charge on any atom is -0.0833 e. The average Bonchev–Trinajstić information content (AvgIpc) is 2.47. The van der Waals surface area contributed by atoms with Gasteiger partial charge in [0.1, 0.15) is 0 Å². The Hall–Kier alpha value is -1.82. The maximum Gasteiger partial charge on any atom is -0.0146 e. The fraction of sp³-hybridized carbons (Fsp3) is 0.300. The van der Waals surface area contributed by atoms with Crippen LogP contribution in [0, 0.1) is 11.8 Å². The van der Waals surface area contributed by atoms with Crippen molar-refractivity contribution >= 4 is 16.3 Å². The van der Waals surface area contributed by atoms with Gasteiger partial charge >= 0.3 is 0 Å². The molecular weight excluding hydrogens is 240 g/mol. The summed E-state index contributed by atoms with van der Waals surface area (Å²) in [5, 5.41) is 2.81. The fourth-order valence-electron chi connectivity index (χ4n) is 4.10. The maximum absolute atomic E-state index is 2.40. The standard InChI is InChI=1S/C20H20/c1-13-6-5-9-18-17-11-10-15-7-3-4-8-16(15)19(17)12-14(2)20(13)18/h3-5,7-11,13-14H,6,12H2,1-2H3. The van der Waals surface area contributed by atoms with Crippen LogP contribution in [-0.4, -0.2) is 0 Å². The molecule has 0 saturated heterocycles. The van der Waals surface area contributed by atoms with E-state index in [1.807, 2.05) is 0 Å². The molecule has 0 fully saturated rings. The van der Waals surface area contributed by atoms with E-state index in [4.69, 9.17) is 0 Å². The summed E-state index contributed by atoms with van der Waals surface area (Å²) < 4.78 is 0. The van der Waals surface area contributed by atoms with Gasteiger partial charge in [0.05, 0.1) is 0 Å². The van der Waals surface area contributed by atoms with Crippen LogP contribution in [-0.2, 0) is 6.42 Å². The van der Waals surface area contributed by atoms with Crippen LogP contribution >= 0.6 is 0 Å². The van der Waals surface area contributed by atoms with Gasteiger partial charge in [-0.15, -0.1) is 0 Å². The largest absolute Gasteiger partial charge is 0.0833 e. The Balaban J connectivity index is 2.04. The molecule has 2 aliphatic rings. The molecular formula is C20H20. The van der Waals surface area contributed by atoms with Gasteiger partial charge in [-0.25, -0.2) is 0 Å². The van der Waals surface area contributed by atoms with Crippen molar-refractivity contribution < 1.29 is 0 Å². The number of fused-ring (bicyclic) bond motifs is 4. The SMILES string of the molecule is CC1CC=CC2=C1C(C)Cc1c2ccc2ccccc12. The lowest BCUT2D eigenvalue weighted by atomic mass is 9.71. The molecule has 2 atom stereocenters. The zero-order valence-corrected chi connectivity index (χ0v) is 12.2. The zero-order chi connectivity index (χ0) is 13.7. The molecule has 100 valence electrons. The highest BCUT2D eigenvalue weighted by Crippen LogP contribution is 2.44. The van der Waals surface area contributed by atoms with Crippen molar-refractivity contribution in [3.63, 3.8) is 0 Å². The normalized spacial score (nSPS) is 24.7. The minimum absolute atomic E-state index is 0.670. The third-order valence-corrected chi connectivity index (χ3v) is 4.99. The van der Waals surface area contributed by atoms with Gasteiger partial charge in [0.2, 0.25) is 0 Å². The minimum atomic E-state index is 0.670. The molecule has 2 aromatic rings. The summed E-state index contributed by atoms with van der Waals surface area (Å²) in [5.74, 6) is 1.37. The molecule has 4 rings (SSSR count). The van der Waals surface area contributed by atoms with E-state index in [2.05, 4.69) is 62.4 Å². The van der Waals surface area contributed by atoms with Crippen LogP contribution in [0.1, 0.15) is 31.4 Å². The number of hydrogen-bond acceptors (Lipinski definition) is 0. The molecule has 0 radical (unpaired) electrons. The van der Waals surface area contributed by atoms with E-state index in [1.165, 1.54) is 34.8 Å². The monoisotopic (exact) mass is 260 g/mol. The molecule has 2 unspecified atom stereocenters. The Morgan fingerprint density at radius 2 is 1.80 bits per heavy atom. The third-order valence-electron chi connectivity index (χ3n) is 4.99. The molecule has 0 nitrogen and oxygen atoms in total. The molecule has 0 saturated carbocycles. The summed E-state index contributed by atoms with van der Waals surface area (Å²) in [4.78, 5) is 0. The number of allylic oxidation sites excluding steroid dienone is 4. The number of hydrogen-bond donors (Lipinski definition) is 0. The number of rotatable bonds is 0. The summed E-state index contributed by atoms with van der Waals surface area (Å²) >= 11 is 0. The first-order valence-electron chi connectivity index (χ1n) is 7.67. The smallest absolute Gasteiger partial charge is 0.0146 e. The lowest BCUT2D eigenvalue weighted by Gasteiger charge is -2.33. The Labute approximate surface area is 120 Å². The van der Waals surface area contributed by atoms with Crippen molar-refractivity contribution in [2.75, 3.05) is 0 Å². The van der Waals surface area contributed by atoms with Crippen molar-refractivity contribution in [3.05, 3.63) is 65.3 Å². The lowest BCUT2D eigenvalue weighted by Crippen LogP contribution is -2.20. The third kappa shape index (κ3) is 1.61. The summed E-state index contributed by atoms with van der Waals surface area (Å²) in [6, 6.07) is 13.4. The first-order chi connectivity index (χ1) is 9.75. The van der Waals surface area contributed by atoms with Crippen LogP contribution in [0.4, 0.5) is 0 Å². The van der Waals surface area contributed by atoms with Crippen LogP contribution in [0.2, 0.25) is 0 Å². The van der Waals surface area contributed by atoms with Crippen LogP contribution in [0.3, 0.4) is 0 Å². The molecule has 2 aliphatic carbocycles. The molecule has 0 N–H and O–H groups in total. The van der Waals surface area contributed by atoms with Gasteiger partial charge < -0.3 is 0 Å². The van der Waals surface area contributed by atoms with Gasteiger partial charge in [-0.3, -0.25) is 0 Å². The van der Waals surface area contributed by atoms with E-state index in [0.717, 1.165) is 0 Å². The van der Waals surface area contributed by atoms with Gasteiger partial charge in [-0.1, -0.05) is 68.0 Å². The first-order valence-corrected chi connectivity index (χ1v) is 7.67. The van der Waals surface area contributed by atoms with Crippen molar-refractivity contribution in [2.24, 2.45) is 11.8 Å². The highest BCUT2D eigenvalue weighted by molar-refractivity contribution is 5.94. The highest BCUT2D eigenvalue weighted by atomic mass is 14.3. The summed E-state index contributed by atoms with van der Waals surface area (Å²) in [6.07, 6.45) is 7.10. The van der Waals surface area contributed by atoms with Crippen LogP contribution < -0.4 is 0 Å². The predicted octanol–water partition coefficient (Wildman–Crippen LogP) is 5.38. The van der Waals surface area contributed by atoms with Gasteiger partial charge in [-0.2, -0.15) is 0 Å². The van der Waals surface area contributed by atoms with Crippen LogP contribution in [0.5, 0.6) is 0 Å². The highest BCUT2D eigenvalue weighted by Gasteiger charge is 2.28. The number of benzene rings is 2. The Bertz CT molecular complexity index is 746. The second-order valence-electron chi connectivity index (χ2n) is 6.33. The molecule has 20 heavy (non-hydrogen) atoms. The molecule has 0 aliphatic heterocycles. The first kappa shape index (κ1) is 12.0. The molecule has 0 aromatic heterocycles. The summed E-state index contributed by atoms with van der Waals surface area (Å²) in [7, 11) is 0. The summed E-state index contributed by atoms with van der Waals surface area (Å²) in [5.41, 5.74) is 6.20. The summed E-state index contributed by atoms with van der Waals surface area (Å²) in [6.45, 7) is 4.77. The van der Waals surface area contributed by atoms with Crippen LogP contribution in [0.15, 0.2) is 54.1 Å². The Morgan fingerprint density at radius 1 is 0.950 bits per heavy atom. The van der Waals surface area contributed by atoms with Crippen molar-refractivity contribution in [2.45, 2.75) is 26.7 Å². The molecule has 0 heterocycles. The van der Waals surface area contributed by atoms with Crippen molar-refractivity contribution in [1.29, 1.82) is 0 Å². The quantitative estimate of drug-likeness (QED) is 0.596. The Morgan fingerprint density at radius 3 is 2.70 bits per heavy atom. The maximum atomic E-state index is 2.40. The lowest BCUT2D eigenvalue weighted by molar-refractivity contribution is 0.547. The average molecular weight is 260 g/mol. The molecule has 2 aromatic carbocycles. The molecule has 0 heteroatoms. The van der Waals surface area contributed by atoms with Crippen molar-refractivity contribution in [1.82, 2.24) is 0 Å².